The van der Waals surface area contributed by atoms with E-state index in [1.165, 1.54) is 48.6 Å². The third-order valence-electron chi connectivity index (χ3n) is 5.74. The van der Waals surface area contributed by atoms with Crippen LogP contribution in [-0.2, 0) is 24.1 Å². The molecule has 1 aliphatic rings. The van der Waals surface area contributed by atoms with E-state index in [9.17, 15) is 10.1 Å². The van der Waals surface area contributed by atoms with Crippen molar-refractivity contribution >= 4 is 11.6 Å². The summed E-state index contributed by atoms with van der Waals surface area (Å²) in [5.41, 5.74) is 6.11. The topological polar surface area (TPSA) is 64.9 Å². The van der Waals surface area contributed by atoms with Crippen molar-refractivity contribution < 1.29 is 4.79 Å². The van der Waals surface area contributed by atoms with E-state index in [4.69, 9.17) is 0 Å². The summed E-state index contributed by atoms with van der Waals surface area (Å²) in [6.45, 7) is 4.14. The Hall–Kier alpha value is -3.06. The second-order valence-corrected chi connectivity index (χ2v) is 8.05. The largest absolute Gasteiger partial charge is 0.360 e. The third kappa shape index (κ3) is 5.73. The molecule has 2 aromatic rings. The lowest BCUT2D eigenvalue weighted by Gasteiger charge is -2.20. The van der Waals surface area contributed by atoms with Gasteiger partial charge in [-0.15, -0.1) is 0 Å². The van der Waals surface area contributed by atoms with Crippen molar-refractivity contribution in [2.45, 2.75) is 64.8 Å². The first-order chi connectivity index (χ1) is 14.6. The molecule has 1 amide bonds. The molecular weight excluding hydrogens is 370 g/mol. The predicted molar refractivity (Wildman–Crippen MR) is 122 cm³/mol. The lowest BCUT2D eigenvalue weighted by Crippen LogP contribution is -2.28. The van der Waals surface area contributed by atoms with E-state index < -0.39 is 0 Å². The van der Waals surface area contributed by atoms with E-state index in [1.807, 2.05) is 25.1 Å². The molecule has 0 spiro atoms. The van der Waals surface area contributed by atoms with Gasteiger partial charge in [0.25, 0.3) is 5.91 Å². The molecule has 0 aromatic heterocycles. The van der Waals surface area contributed by atoms with Crippen LogP contribution in [0.1, 0.15) is 67.8 Å². The maximum atomic E-state index is 12.6. The zero-order chi connectivity index (χ0) is 21.3. The molecule has 0 saturated heterocycles. The number of anilines is 1. The molecule has 1 aliphatic carbocycles. The lowest BCUT2D eigenvalue weighted by atomic mass is 9.89. The van der Waals surface area contributed by atoms with E-state index >= 15 is 0 Å². The first kappa shape index (κ1) is 21.6. The third-order valence-corrected chi connectivity index (χ3v) is 5.74. The van der Waals surface area contributed by atoms with Gasteiger partial charge in [-0.3, -0.25) is 4.79 Å². The Balaban J connectivity index is 1.60. The molecule has 0 aliphatic heterocycles. The molecule has 0 heterocycles. The number of carbonyl (C=O) groups is 1. The molecule has 156 valence electrons. The molecule has 0 saturated carbocycles. The molecule has 2 aromatic carbocycles. The minimum atomic E-state index is -0.366. The summed E-state index contributed by atoms with van der Waals surface area (Å²) in [5, 5.41) is 15.5. The number of benzene rings is 2. The SMILES string of the molecule is CCCCc1ccc(N/C=C(/C#N)C(=O)NC(C)c2ccc3c(c2)CCCC3)cc1. The highest BCUT2D eigenvalue weighted by Crippen LogP contribution is 2.25. The van der Waals surface area contributed by atoms with Gasteiger partial charge in [0.05, 0.1) is 6.04 Å². The number of fused-ring (bicyclic) bond motifs is 1. The Bertz CT molecular complexity index is 938. The highest BCUT2D eigenvalue weighted by molar-refractivity contribution is 5.97. The smallest absolute Gasteiger partial charge is 0.263 e. The van der Waals surface area contributed by atoms with Crippen LogP contribution in [-0.4, -0.2) is 5.91 Å². The van der Waals surface area contributed by atoms with Gasteiger partial charge in [-0.2, -0.15) is 5.26 Å². The summed E-state index contributed by atoms with van der Waals surface area (Å²) < 4.78 is 0. The fourth-order valence-electron chi connectivity index (χ4n) is 3.83. The number of nitrogens with zero attached hydrogens (tertiary/aromatic N) is 1. The molecule has 0 radical (unpaired) electrons. The molecule has 0 bridgehead atoms. The maximum absolute atomic E-state index is 12.6. The highest BCUT2D eigenvalue weighted by atomic mass is 16.1. The van der Waals surface area contributed by atoms with Gasteiger partial charge >= 0.3 is 0 Å². The van der Waals surface area contributed by atoms with E-state index in [1.54, 1.807) is 0 Å². The lowest BCUT2D eigenvalue weighted by molar-refractivity contribution is -0.117. The van der Waals surface area contributed by atoms with Gasteiger partial charge in [-0.25, -0.2) is 0 Å². The van der Waals surface area contributed by atoms with Crippen molar-refractivity contribution in [1.29, 1.82) is 5.26 Å². The van der Waals surface area contributed by atoms with Gasteiger partial charge in [0, 0.05) is 11.9 Å². The molecule has 30 heavy (non-hydrogen) atoms. The zero-order valence-electron chi connectivity index (χ0n) is 18.0. The first-order valence-corrected chi connectivity index (χ1v) is 11.0. The van der Waals surface area contributed by atoms with Crippen LogP contribution >= 0.6 is 0 Å². The van der Waals surface area contributed by atoms with Crippen molar-refractivity contribution in [2.75, 3.05) is 5.32 Å². The number of nitriles is 1. The van der Waals surface area contributed by atoms with Gasteiger partial charge < -0.3 is 10.6 Å². The van der Waals surface area contributed by atoms with E-state index in [0.29, 0.717) is 0 Å². The summed E-state index contributed by atoms with van der Waals surface area (Å²) >= 11 is 0. The van der Waals surface area contributed by atoms with Crippen molar-refractivity contribution in [2.24, 2.45) is 0 Å². The number of hydrogen-bond donors (Lipinski definition) is 2. The zero-order valence-corrected chi connectivity index (χ0v) is 18.0. The van der Waals surface area contributed by atoms with Crippen molar-refractivity contribution in [3.05, 3.63) is 76.5 Å². The Morgan fingerprint density at radius 2 is 1.87 bits per heavy atom. The minimum absolute atomic E-state index is 0.0647. The molecule has 1 atom stereocenters. The van der Waals surface area contributed by atoms with E-state index in [-0.39, 0.29) is 17.5 Å². The van der Waals surface area contributed by atoms with Crippen molar-refractivity contribution in [3.8, 4) is 6.07 Å². The first-order valence-electron chi connectivity index (χ1n) is 11.0. The van der Waals surface area contributed by atoms with Crippen molar-refractivity contribution in [3.63, 3.8) is 0 Å². The van der Waals surface area contributed by atoms with Crippen LogP contribution < -0.4 is 10.6 Å². The van der Waals surface area contributed by atoms with Crippen molar-refractivity contribution in [1.82, 2.24) is 5.32 Å². The Labute approximate surface area is 180 Å². The molecule has 1 unspecified atom stereocenters. The Morgan fingerprint density at radius 1 is 1.13 bits per heavy atom. The van der Waals surface area contributed by atoms with Crippen LogP contribution in [0.15, 0.2) is 54.2 Å². The summed E-state index contributed by atoms with van der Waals surface area (Å²) in [6, 6.07) is 16.4. The Morgan fingerprint density at radius 3 is 2.57 bits per heavy atom. The number of unbranched alkanes of at least 4 members (excludes halogenated alkanes) is 1. The molecule has 3 rings (SSSR count). The maximum Gasteiger partial charge on any atom is 0.263 e. The van der Waals surface area contributed by atoms with Crippen LogP contribution in [0.25, 0.3) is 0 Å². The predicted octanol–water partition coefficient (Wildman–Crippen LogP) is 5.60. The van der Waals surface area contributed by atoms with Crippen LogP contribution in [0.5, 0.6) is 0 Å². The molecular formula is C26H31N3O. The van der Waals surface area contributed by atoms with Crippen LogP contribution in [0.4, 0.5) is 5.69 Å². The van der Waals surface area contributed by atoms with Gasteiger partial charge in [-0.05, 0) is 79.8 Å². The fourth-order valence-corrected chi connectivity index (χ4v) is 3.83. The molecule has 4 heteroatoms. The molecule has 2 N–H and O–H groups in total. The number of rotatable bonds is 8. The fraction of sp³-hybridized carbons (Fsp3) is 0.385. The van der Waals surface area contributed by atoms with E-state index in [2.05, 4.69) is 47.9 Å². The average molecular weight is 402 g/mol. The normalized spacial score (nSPS) is 14.4. The van der Waals surface area contributed by atoms with E-state index in [0.717, 1.165) is 30.5 Å². The summed E-state index contributed by atoms with van der Waals surface area (Å²) in [4.78, 5) is 12.6. The number of nitrogens with one attached hydrogen (secondary N) is 2. The number of amides is 1. The van der Waals surface area contributed by atoms with Gasteiger partial charge in [-0.1, -0.05) is 43.7 Å². The number of aryl methyl sites for hydroxylation is 3. The minimum Gasteiger partial charge on any atom is -0.360 e. The number of hydrogen-bond acceptors (Lipinski definition) is 3. The van der Waals surface area contributed by atoms with Crippen LogP contribution in [0.3, 0.4) is 0 Å². The summed E-state index contributed by atoms with van der Waals surface area (Å²) in [5.74, 6) is -0.366. The monoisotopic (exact) mass is 401 g/mol. The molecule has 0 fully saturated rings. The second-order valence-electron chi connectivity index (χ2n) is 8.05. The average Bonchev–Trinajstić information content (AvgIpc) is 2.78. The highest BCUT2D eigenvalue weighted by Gasteiger charge is 2.16. The standard InChI is InChI=1S/C26H31N3O/c1-3-4-7-20-10-14-25(15-11-20)28-18-24(17-27)26(30)29-19(2)22-13-12-21-8-5-6-9-23(21)16-22/h10-16,18-19,28H,3-9H2,1-2H3,(H,29,30)/b24-18-. The quantitative estimate of drug-likeness (QED) is 0.447. The van der Waals surface area contributed by atoms with Gasteiger partial charge in [0.15, 0.2) is 0 Å². The van der Waals surface area contributed by atoms with Crippen LogP contribution in [0, 0.1) is 11.3 Å². The number of carbonyl (C=O) groups excluding carboxylic acids is 1. The van der Waals surface area contributed by atoms with Gasteiger partial charge in [0.1, 0.15) is 11.6 Å². The second kappa shape index (κ2) is 10.6. The van der Waals surface area contributed by atoms with Gasteiger partial charge in [0.2, 0.25) is 0 Å². The molecule has 4 nitrogen and oxygen atoms in total. The summed E-state index contributed by atoms with van der Waals surface area (Å²) in [6.07, 6.45) is 9.63. The van der Waals surface area contributed by atoms with Crippen LogP contribution in [0.2, 0.25) is 0 Å². The Kier molecular flexibility index (Phi) is 7.68. The summed E-state index contributed by atoms with van der Waals surface area (Å²) in [7, 11) is 0.